The molecule has 0 aliphatic carbocycles. The predicted molar refractivity (Wildman–Crippen MR) is 135 cm³/mol. The van der Waals surface area contributed by atoms with Crippen molar-refractivity contribution in [3.05, 3.63) is 83.3 Å². The number of H-pyrrole nitrogens is 1. The van der Waals surface area contributed by atoms with Gasteiger partial charge < -0.3 is 20.5 Å². The summed E-state index contributed by atoms with van der Waals surface area (Å²) in [5, 5.41) is 6.48. The van der Waals surface area contributed by atoms with E-state index >= 15 is 0 Å². The van der Waals surface area contributed by atoms with Gasteiger partial charge in [0.05, 0.1) is 23.2 Å². The first-order valence-corrected chi connectivity index (χ1v) is 11.9. The van der Waals surface area contributed by atoms with Crippen LogP contribution in [0.15, 0.2) is 71.8 Å². The van der Waals surface area contributed by atoms with Gasteiger partial charge in [-0.1, -0.05) is 35.9 Å². The third kappa shape index (κ3) is 4.22. The number of carbonyl (C=O) groups is 2. The topological polar surface area (TPSA) is 77.2 Å². The van der Waals surface area contributed by atoms with Crippen LogP contribution in [-0.4, -0.2) is 22.2 Å². The summed E-state index contributed by atoms with van der Waals surface area (Å²) in [4.78, 5) is 31.2. The van der Waals surface area contributed by atoms with Gasteiger partial charge in [0, 0.05) is 38.3 Å². The number of thioether (sulfide) groups is 1. The number of halogens is 2. The molecule has 9 heteroatoms. The Balaban J connectivity index is 1.41. The molecule has 0 spiro atoms. The Morgan fingerprint density at radius 3 is 2.79 bits per heavy atom. The summed E-state index contributed by atoms with van der Waals surface area (Å²) in [7, 11) is 0. The number of amides is 3. The van der Waals surface area contributed by atoms with Crippen LogP contribution in [0, 0.1) is 5.82 Å². The van der Waals surface area contributed by atoms with E-state index in [-0.39, 0.29) is 28.3 Å². The van der Waals surface area contributed by atoms with E-state index in [1.165, 1.54) is 28.8 Å². The van der Waals surface area contributed by atoms with Gasteiger partial charge >= 0.3 is 6.03 Å². The van der Waals surface area contributed by atoms with Gasteiger partial charge in [-0.25, -0.2) is 9.18 Å². The van der Waals surface area contributed by atoms with Crippen LogP contribution < -0.4 is 15.5 Å². The second-order valence-electron chi connectivity index (χ2n) is 7.89. The van der Waals surface area contributed by atoms with Crippen LogP contribution in [0.5, 0.6) is 0 Å². The molecule has 1 unspecified atom stereocenters. The highest BCUT2D eigenvalue weighted by atomic mass is 35.5. The minimum atomic E-state index is -0.472. The van der Waals surface area contributed by atoms with Crippen LogP contribution in [0.4, 0.5) is 26.2 Å². The third-order valence-electron chi connectivity index (χ3n) is 5.64. The number of carbonyl (C=O) groups excluding carboxylic acids is 2. The number of para-hydroxylation sites is 1. The van der Waals surface area contributed by atoms with Gasteiger partial charge in [0.2, 0.25) is 5.91 Å². The molecule has 34 heavy (non-hydrogen) atoms. The number of rotatable bonds is 4. The normalized spacial score (nSPS) is 15.3. The van der Waals surface area contributed by atoms with Crippen LogP contribution >= 0.6 is 23.4 Å². The van der Waals surface area contributed by atoms with Gasteiger partial charge in [0.25, 0.3) is 0 Å². The number of aromatic nitrogens is 1. The predicted octanol–water partition coefficient (Wildman–Crippen LogP) is 6.63. The molecule has 3 aromatic carbocycles. The second kappa shape index (κ2) is 9.04. The maximum atomic E-state index is 14.5. The summed E-state index contributed by atoms with van der Waals surface area (Å²) in [6.07, 6.45) is 1.73. The number of fused-ring (bicyclic) bond motifs is 2. The standard InChI is InChI=1S/C25H20ClFN4O2S/c1-14-24(32)31(13-17-18(26)6-4-7-19(17)27)22-11-15(9-10-23(22)34-14)29-25(33)30-21-12-28-20-8-3-2-5-16(20)21/h2-12,14,28H,13H2,1H3,(H2,29,30,33). The molecule has 5 rings (SSSR count). The van der Waals surface area contributed by atoms with Gasteiger partial charge in [0.1, 0.15) is 5.82 Å². The molecule has 172 valence electrons. The molecule has 1 aliphatic heterocycles. The Bertz CT molecular complexity index is 1400. The summed E-state index contributed by atoms with van der Waals surface area (Å²) in [6.45, 7) is 1.81. The molecule has 3 amide bonds. The number of nitrogens with zero attached hydrogens (tertiary/aromatic N) is 1. The highest BCUT2D eigenvalue weighted by Gasteiger charge is 2.32. The van der Waals surface area contributed by atoms with E-state index in [0.29, 0.717) is 17.1 Å². The number of urea groups is 1. The zero-order chi connectivity index (χ0) is 23.8. The summed E-state index contributed by atoms with van der Waals surface area (Å²) < 4.78 is 14.5. The van der Waals surface area contributed by atoms with Crippen LogP contribution in [-0.2, 0) is 11.3 Å². The van der Waals surface area contributed by atoms with Crippen molar-refractivity contribution in [2.45, 2.75) is 23.6 Å². The quantitative estimate of drug-likeness (QED) is 0.298. The zero-order valence-electron chi connectivity index (χ0n) is 18.1. The van der Waals surface area contributed by atoms with E-state index in [2.05, 4.69) is 15.6 Å². The molecule has 0 fully saturated rings. The lowest BCUT2D eigenvalue weighted by molar-refractivity contribution is -0.118. The van der Waals surface area contributed by atoms with E-state index in [1.54, 1.807) is 24.4 Å². The van der Waals surface area contributed by atoms with Crippen LogP contribution in [0.3, 0.4) is 0 Å². The average Bonchev–Trinajstić information content (AvgIpc) is 3.22. The number of hydrogen-bond donors (Lipinski definition) is 3. The lowest BCUT2D eigenvalue weighted by Crippen LogP contribution is -2.39. The highest BCUT2D eigenvalue weighted by molar-refractivity contribution is 8.01. The smallest absolute Gasteiger partial charge is 0.323 e. The lowest BCUT2D eigenvalue weighted by Gasteiger charge is -2.33. The Labute approximate surface area is 204 Å². The average molecular weight is 495 g/mol. The first-order chi connectivity index (χ1) is 16.4. The molecule has 0 saturated carbocycles. The van der Waals surface area contributed by atoms with Crippen LogP contribution in [0.25, 0.3) is 10.9 Å². The molecule has 3 N–H and O–H groups in total. The number of aromatic amines is 1. The fraction of sp³-hybridized carbons (Fsp3) is 0.120. The first kappa shape index (κ1) is 22.3. The van der Waals surface area contributed by atoms with Crippen molar-refractivity contribution < 1.29 is 14.0 Å². The molecule has 2 heterocycles. The maximum absolute atomic E-state index is 14.5. The molecule has 4 aromatic rings. The minimum absolute atomic E-state index is 0.00672. The maximum Gasteiger partial charge on any atom is 0.323 e. The van der Waals surface area contributed by atoms with Crippen LogP contribution in [0.2, 0.25) is 5.02 Å². The fourth-order valence-corrected chi connectivity index (χ4v) is 5.22. The van der Waals surface area contributed by atoms with E-state index in [1.807, 2.05) is 37.3 Å². The summed E-state index contributed by atoms with van der Waals surface area (Å²) in [5.74, 6) is -0.627. The Morgan fingerprint density at radius 1 is 1.15 bits per heavy atom. The Kier molecular flexibility index (Phi) is 5.93. The second-order valence-corrected chi connectivity index (χ2v) is 9.68. The summed E-state index contributed by atoms with van der Waals surface area (Å²) >= 11 is 7.64. The molecule has 0 bridgehead atoms. The van der Waals surface area contributed by atoms with E-state index in [9.17, 15) is 14.0 Å². The Morgan fingerprint density at radius 2 is 1.97 bits per heavy atom. The van der Waals surface area contributed by atoms with Gasteiger partial charge in [-0.2, -0.15) is 0 Å². The van der Waals surface area contributed by atoms with Gasteiger partial charge in [0.15, 0.2) is 0 Å². The zero-order valence-corrected chi connectivity index (χ0v) is 19.6. The molecular weight excluding hydrogens is 475 g/mol. The number of benzene rings is 3. The van der Waals surface area contributed by atoms with Gasteiger partial charge in [-0.15, -0.1) is 11.8 Å². The molecule has 1 aromatic heterocycles. The lowest BCUT2D eigenvalue weighted by atomic mass is 10.1. The molecule has 1 atom stereocenters. The van der Waals surface area contributed by atoms with Gasteiger partial charge in [-0.3, -0.25) is 4.79 Å². The van der Waals surface area contributed by atoms with E-state index in [4.69, 9.17) is 11.6 Å². The van der Waals surface area contributed by atoms with Crippen molar-refractivity contribution in [3.8, 4) is 0 Å². The third-order valence-corrected chi connectivity index (χ3v) is 7.15. The molecule has 0 radical (unpaired) electrons. The SMILES string of the molecule is CC1Sc2ccc(NC(=O)Nc3c[nH]c4ccccc34)cc2N(Cc2c(F)cccc2Cl)C1=O. The summed E-state index contributed by atoms with van der Waals surface area (Å²) in [5.41, 5.74) is 2.92. The van der Waals surface area contributed by atoms with Crippen molar-refractivity contribution in [2.75, 3.05) is 15.5 Å². The molecule has 0 saturated heterocycles. The number of anilines is 3. The molecular formula is C25H20ClFN4O2S. The van der Waals surface area contributed by atoms with Crippen molar-refractivity contribution in [1.29, 1.82) is 0 Å². The van der Waals surface area contributed by atoms with Gasteiger partial charge in [-0.05, 0) is 43.3 Å². The fourth-order valence-electron chi connectivity index (χ4n) is 3.95. The minimum Gasteiger partial charge on any atom is -0.359 e. The van der Waals surface area contributed by atoms with Crippen LogP contribution in [0.1, 0.15) is 12.5 Å². The molecule has 6 nitrogen and oxygen atoms in total. The summed E-state index contributed by atoms with van der Waals surface area (Å²) in [6, 6.07) is 17.0. The van der Waals surface area contributed by atoms with E-state index < -0.39 is 11.8 Å². The molecule has 1 aliphatic rings. The first-order valence-electron chi connectivity index (χ1n) is 10.6. The van der Waals surface area contributed by atoms with Crippen molar-refractivity contribution in [2.24, 2.45) is 0 Å². The highest BCUT2D eigenvalue weighted by Crippen LogP contribution is 2.42. The number of hydrogen-bond acceptors (Lipinski definition) is 3. The van der Waals surface area contributed by atoms with E-state index in [0.717, 1.165) is 15.8 Å². The largest absolute Gasteiger partial charge is 0.359 e. The van der Waals surface area contributed by atoms with Crippen molar-refractivity contribution >= 4 is 63.3 Å². The number of nitrogens with one attached hydrogen (secondary N) is 3. The monoisotopic (exact) mass is 494 g/mol. The Hall–Kier alpha value is -3.49. The van der Waals surface area contributed by atoms with Crippen molar-refractivity contribution in [1.82, 2.24) is 4.98 Å². The van der Waals surface area contributed by atoms with Crippen molar-refractivity contribution in [3.63, 3.8) is 0 Å².